The van der Waals surface area contributed by atoms with Crippen LogP contribution in [0.3, 0.4) is 0 Å². The van der Waals surface area contributed by atoms with Crippen molar-refractivity contribution < 1.29 is 4.74 Å². The molecule has 1 aliphatic rings. The van der Waals surface area contributed by atoms with Crippen molar-refractivity contribution in [2.75, 3.05) is 31.2 Å². The van der Waals surface area contributed by atoms with Crippen LogP contribution < -0.4 is 4.90 Å². The van der Waals surface area contributed by atoms with Gasteiger partial charge in [0.2, 0.25) is 0 Å². The SMILES string of the molecule is Cc1[nH]nc(-c2cccc(N3CCOCC3)c2)c1-c1ccc(Cl)cc1. The van der Waals surface area contributed by atoms with Crippen molar-refractivity contribution in [3.8, 4) is 22.4 Å². The van der Waals surface area contributed by atoms with Gasteiger partial charge in [-0.1, -0.05) is 35.9 Å². The molecule has 5 heteroatoms. The Morgan fingerprint density at radius 2 is 1.80 bits per heavy atom. The van der Waals surface area contributed by atoms with E-state index in [4.69, 9.17) is 16.3 Å². The van der Waals surface area contributed by atoms with E-state index in [0.717, 1.165) is 59.4 Å². The number of aromatic amines is 1. The highest BCUT2D eigenvalue weighted by atomic mass is 35.5. The largest absolute Gasteiger partial charge is 0.378 e. The van der Waals surface area contributed by atoms with Crippen LogP contribution in [0.25, 0.3) is 22.4 Å². The van der Waals surface area contributed by atoms with Gasteiger partial charge in [-0.25, -0.2) is 0 Å². The number of hydrogen-bond acceptors (Lipinski definition) is 3. The minimum atomic E-state index is 0.737. The van der Waals surface area contributed by atoms with E-state index in [2.05, 4.69) is 39.4 Å². The summed E-state index contributed by atoms with van der Waals surface area (Å²) in [5.41, 5.74) is 6.57. The first-order valence-corrected chi connectivity index (χ1v) is 8.84. The Balaban J connectivity index is 1.74. The van der Waals surface area contributed by atoms with Crippen LogP contribution in [0.5, 0.6) is 0 Å². The summed E-state index contributed by atoms with van der Waals surface area (Å²) in [7, 11) is 0. The van der Waals surface area contributed by atoms with E-state index in [0.29, 0.717) is 0 Å². The Morgan fingerprint density at radius 3 is 2.56 bits per heavy atom. The van der Waals surface area contributed by atoms with Gasteiger partial charge in [0.05, 0.1) is 13.2 Å². The van der Waals surface area contributed by atoms with Gasteiger partial charge in [-0.3, -0.25) is 5.10 Å². The molecule has 0 spiro atoms. The Hall–Kier alpha value is -2.30. The predicted octanol–water partition coefficient (Wildman–Crippen LogP) is 4.54. The quantitative estimate of drug-likeness (QED) is 0.751. The number of H-pyrrole nitrogens is 1. The molecular formula is C20H20ClN3O. The van der Waals surface area contributed by atoms with Gasteiger partial charge in [0.15, 0.2) is 0 Å². The summed E-state index contributed by atoms with van der Waals surface area (Å²) in [5, 5.41) is 8.44. The van der Waals surface area contributed by atoms with Gasteiger partial charge in [0, 0.05) is 40.6 Å². The van der Waals surface area contributed by atoms with Crippen LogP contribution in [0.2, 0.25) is 5.02 Å². The van der Waals surface area contributed by atoms with E-state index in [1.165, 1.54) is 5.69 Å². The molecule has 1 fully saturated rings. The summed E-state index contributed by atoms with van der Waals surface area (Å²) in [6.45, 7) is 5.45. The second kappa shape index (κ2) is 6.90. The molecule has 2 heterocycles. The van der Waals surface area contributed by atoms with Crippen molar-refractivity contribution in [1.82, 2.24) is 10.2 Å². The van der Waals surface area contributed by atoms with E-state index in [1.807, 2.05) is 31.2 Å². The third kappa shape index (κ3) is 3.28. The number of aromatic nitrogens is 2. The van der Waals surface area contributed by atoms with E-state index < -0.39 is 0 Å². The molecule has 0 bridgehead atoms. The van der Waals surface area contributed by atoms with Crippen LogP contribution in [0.15, 0.2) is 48.5 Å². The summed E-state index contributed by atoms with van der Waals surface area (Å²) in [4.78, 5) is 2.36. The summed E-state index contributed by atoms with van der Waals surface area (Å²) in [5.74, 6) is 0. The number of ether oxygens (including phenoxy) is 1. The molecule has 1 aliphatic heterocycles. The third-order valence-electron chi connectivity index (χ3n) is 4.58. The van der Waals surface area contributed by atoms with Crippen molar-refractivity contribution in [2.45, 2.75) is 6.92 Å². The maximum atomic E-state index is 6.04. The van der Waals surface area contributed by atoms with Gasteiger partial charge in [-0.15, -0.1) is 0 Å². The first kappa shape index (κ1) is 16.2. The Morgan fingerprint density at radius 1 is 1.04 bits per heavy atom. The highest BCUT2D eigenvalue weighted by Crippen LogP contribution is 2.35. The van der Waals surface area contributed by atoms with Crippen LogP contribution in [-0.2, 0) is 4.74 Å². The number of hydrogen-bond donors (Lipinski definition) is 1. The number of aryl methyl sites for hydroxylation is 1. The van der Waals surface area contributed by atoms with Gasteiger partial charge in [0.25, 0.3) is 0 Å². The minimum Gasteiger partial charge on any atom is -0.378 e. The lowest BCUT2D eigenvalue weighted by Gasteiger charge is -2.29. The molecule has 0 atom stereocenters. The smallest absolute Gasteiger partial charge is 0.100 e. The molecular weight excluding hydrogens is 334 g/mol. The number of rotatable bonds is 3. The van der Waals surface area contributed by atoms with Crippen LogP contribution >= 0.6 is 11.6 Å². The van der Waals surface area contributed by atoms with Crippen LogP contribution in [0.1, 0.15) is 5.69 Å². The Kier molecular flexibility index (Phi) is 4.47. The number of morpholine rings is 1. The molecule has 3 aromatic rings. The second-order valence-corrected chi connectivity index (χ2v) is 6.67. The molecule has 1 N–H and O–H groups in total. The zero-order valence-corrected chi connectivity index (χ0v) is 14.9. The highest BCUT2D eigenvalue weighted by Gasteiger charge is 2.16. The number of benzene rings is 2. The summed E-state index contributed by atoms with van der Waals surface area (Å²) < 4.78 is 5.46. The summed E-state index contributed by atoms with van der Waals surface area (Å²) in [6, 6.07) is 16.5. The number of halogens is 1. The number of nitrogens with one attached hydrogen (secondary N) is 1. The Labute approximate surface area is 152 Å². The molecule has 0 unspecified atom stereocenters. The average Bonchev–Trinajstić information content (AvgIpc) is 3.05. The third-order valence-corrected chi connectivity index (χ3v) is 4.83. The fourth-order valence-electron chi connectivity index (χ4n) is 3.28. The Bertz CT molecular complexity index is 867. The lowest BCUT2D eigenvalue weighted by atomic mass is 9.99. The molecule has 1 aromatic heterocycles. The average molecular weight is 354 g/mol. The number of nitrogens with zero attached hydrogens (tertiary/aromatic N) is 2. The van der Waals surface area contributed by atoms with E-state index >= 15 is 0 Å². The normalized spacial score (nSPS) is 14.7. The van der Waals surface area contributed by atoms with E-state index in [1.54, 1.807) is 0 Å². The first-order valence-electron chi connectivity index (χ1n) is 8.46. The maximum Gasteiger partial charge on any atom is 0.100 e. The second-order valence-electron chi connectivity index (χ2n) is 6.23. The molecule has 0 amide bonds. The summed E-state index contributed by atoms with van der Waals surface area (Å²) in [6.07, 6.45) is 0. The van der Waals surface area contributed by atoms with E-state index in [-0.39, 0.29) is 0 Å². The van der Waals surface area contributed by atoms with Gasteiger partial charge >= 0.3 is 0 Å². The van der Waals surface area contributed by atoms with Crippen LogP contribution in [0.4, 0.5) is 5.69 Å². The van der Waals surface area contributed by atoms with Crippen LogP contribution in [0, 0.1) is 6.92 Å². The fraction of sp³-hybridized carbons (Fsp3) is 0.250. The molecule has 0 aliphatic carbocycles. The van der Waals surface area contributed by atoms with Crippen molar-refractivity contribution >= 4 is 17.3 Å². The first-order chi connectivity index (χ1) is 12.2. The van der Waals surface area contributed by atoms with Crippen molar-refractivity contribution in [1.29, 1.82) is 0 Å². The molecule has 2 aromatic carbocycles. The van der Waals surface area contributed by atoms with Gasteiger partial charge in [-0.2, -0.15) is 5.10 Å². The monoisotopic (exact) mass is 353 g/mol. The molecule has 25 heavy (non-hydrogen) atoms. The summed E-state index contributed by atoms with van der Waals surface area (Å²) >= 11 is 6.04. The maximum absolute atomic E-state index is 6.04. The lowest BCUT2D eigenvalue weighted by Crippen LogP contribution is -2.36. The minimum absolute atomic E-state index is 0.737. The predicted molar refractivity (Wildman–Crippen MR) is 102 cm³/mol. The van der Waals surface area contributed by atoms with Gasteiger partial charge in [-0.05, 0) is 36.8 Å². The topological polar surface area (TPSA) is 41.2 Å². The zero-order chi connectivity index (χ0) is 17.2. The molecule has 128 valence electrons. The lowest BCUT2D eigenvalue weighted by molar-refractivity contribution is 0.122. The van der Waals surface area contributed by atoms with Crippen LogP contribution in [-0.4, -0.2) is 36.5 Å². The highest BCUT2D eigenvalue weighted by molar-refractivity contribution is 6.30. The van der Waals surface area contributed by atoms with E-state index in [9.17, 15) is 0 Å². The van der Waals surface area contributed by atoms with Crippen molar-refractivity contribution in [3.63, 3.8) is 0 Å². The fourth-order valence-corrected chi connectivity index (χ4v) is 3.41. The standard InChI is InChI=1S/C20H20ClN3O/c1-14-19(15-5-7-17(21)8-6-15)20(23-22-14)16-3-2-4-18(13-16)24-9-11-25-12-10-24/h2-8,13H,9-12H2,1H3,(H,22,23). The molecule has 4 rings (SSSR count). The van der Waals surface area contributed by atoms with Gasteiger partial charge < -0.3 is 9.64 Å². The zero-order valence-electron chi connectivity index (χ0n) is 14.1. The number of anilines is 1. The molecule has 0 saturated carbocycles. The molecule has 4 nitrogen and oxygen atoms in total. The van der Waals surface area contributed by atoms with Crippen molar-refractivity contribution in [3.05, 3.63) is 59.2 Å². The van der Waals surface area contributed by atoms with Gasteiger partial charge in [0.1, 0.15) is 5.69 Å². The molecule has 1 saturated heterocycles. The molecule has 0 radical (unpaired) electrons. The van der Waals surface area contributed by atoms with Crippen molar-refractivity contribution in [2.24, 2.45) is 0 Å².